The maximum absolute atomic E-state index is 10.4. The Labute approximate surface area is 98.2 Å². The van der Waals surface area contributed by atoms with E-state index in [4.69, 9.17) is 0 Å². The number of amides is 1. The predicted octanol–water partition coefficient (Wildman–Crippen LogP) is 2.36. The molecule has 0 atom stereocenters. The van der Waals surface area contributed by atoms with Crippen LogP contribution >= 0.6 is 22.6 Å². The highest BCUT2D eigenvalue weighted by Crippen LogP contribution is 2.13. The van der Waals surface area contributed by atoms with Gasteiger partial charge in [0.2, 0.25) is 6.41 Å². The lowest BCUT2D eigenvalue weighted by Crippen LogP contribution is -2.40. The summed E-state index contributed by atoms with van der Waals surface area (Å²) < 4.78 is 1.23. The van der Waals surface area contributed by atoms with E-state index in [9.17, 15) is 4.79 Å². The van der Waals surface area contributed by atoms with Gasteiger partial charge in [0.15, 0.2) is 0 Å². The average Bonchev–Trinajstić information content (AvgIpc) is 2.08. The van der Waals surface area contributed by atoms with Crippen LogP contribution in [0.3, 0.4) is 0 Å². The fourth-order valence-corrected chi connectivity index (χ4v) is 1.68. The van der Waals surface area contributed by atoms with Gasteiger partial charge in [0.25, 0.3) is 0 Å². The fraction of sp³-hybridized carbons (Fsp3) is 0.364. The molecule has 1 aromatic rings. The van der Waals surface area contributed by atoms with Crippen molar-refractivity contribution in [3.63, 3.8) is 0 Å². The molecular formula is C11H14INO. The van der Waals surface area contributed by atoms with Crippen molar-refractivity contribution in [2.45, 2.75) is 25.8 Å². The van der Waals surface area contributed by atoms with Crippen LogP contribution in [0.2, 0.25) is 0 Å². The van der Waals surface area contributed by atoms with Crippen LogP contribution in [-0.4, -0.2) is 11.9 Å². The third-order valence-electron chi connectivity index (χ3n) is 2.01. The number of benzene rings is 1. The molecule has 0 unspecified atom stereocenters. The Morgan fingerprint density at radius 1 is 1.36 bits per heavy atom. The minimum absolute atomic E-state index is 0.172. The van der Waals surface area contributed by atoms with Crippen molar-refractivity contribution < 1.29 is 4.79 Å². The molecule has 1 aromatic carbocycles. The summed E-state index contributed by atoms with van der Waals surface area (Å²) in [5.41, 5.74) is 1.07. The number of rotatable bonds is 4. The molecule has 0 aliphatic rings. The summed E-state index contributed by atoms with van der Waals surface area (Å²) in [4.78, 5) is 10.4. The Kier molecular flexibility index (Phi) is 3.92. The van der Waals surface area contributed by atoms with E-state index in [0.717, 1.165) is 12.8 Å². The van der Waals surface area contributed by atoms with Crippen LogP contribution in [0.5, 0.6) is 0 Å². The zero-order chi connectivity index (χ0) is 10.6. The number of carbonyl (C=O) groups excluding carboxylic acids is 1. The molecular weight excluding hydrogens is 289 g/mol. The van der Waals surface area contributed by atoms with E-state index in [1.165, 1.54) is 9.13 Å². The van der Waals surface area contributed by atoms with Crippen LogP contribution in [0, 0.1) is 3.57 Å². The molecule has 0 bridgehead atoms. The molecule has 0 aliphatic heterocycles. The fourth-order valence-electron chi connectivity index (χ4n) is 1.32. The van der Waals surface area contributed by atoms with E-state index in [2.05, 4.69) is 52.2 Å². The van der Waals surface area contributed by atoms with Crippen LogP contribution < -0.4 is 5.32 Å². The first-order valence-corrected chi connectivity index (χ1v) is 5.57. The molecule has 0 saturated carbocycles. The van der Waals surface area contributed by atoms with Crippen molar-refractivity contribution >= 4 is 29.0 Å². The molecule has 76 valence electrons. The molecule has 0 saturated heterocycles. The minimum Gasteiger partial charge on any atom is -0.353 e. The molecule has 0 spiro atoms. The van der Waals surface area contributed by atoms with Crippen LogP contribution in [-0.2, 0) is 11.2 Å². The summed E-state index contributed by atoms with van der Waals surface area (Å²) in [6.07, 6.45) is 1.61. The molecule has 2 nitrogen and oxygen atoms in total. The summed E-state index contributed by atoms with van der Waals surface area (Å²) in [5, 5.41) is 2.80. The van der Waals surface area contributed by atoms with Gasteiger partial charge in [-0.05, 0) is 60.6 Å². The molecule has 1 amide bonds. The summed E-state index contributed by atoms with van der Waals surface area (Å²) in [6.45, 7) is 4.03. The average molecular weight is 303 g/mol. The van der Waals surface area contributed by atoms with Crippen molar-refractivity contribution in [1.82, 2.24) is 5.32 Å². The zero-order valence-corrected chi connectivity index (χ0v) is 10.5. The van der Waals surface area contributed by atoms with Crippen molar-refractivity contribution in [3.8, 4) is 0 Å². The number of carbonyl (C=O) groups is 1. The lowest BCUT2D eigenvalue weighted by Gasteiger charge is -2.23. The molecule has 3 heteroatoms. The van der Waals surface area contributed by atoms with Gasteiger partial charge in [-0.3, -0.25) is 4.79 Å². The Morgan fingerprint density at radius 2 is 1.93 bits per heavy atom. The Bertz CT molecular complexity index is 306. The Morgan fingerprint density at radius 3 is 2.43 bits per heavy atom. The highest BCUT2D eigenvalue weighted by molar-refractivity contribution is 14.1. The van der Waals surface area contributed by atoms with Crippen molar-refractivity contribution in [2.75, 3.05) is 0 Å². The SMILES string of the molecule is CC(C)(Cc1ccc(I)cc1)NC=O. The first kappa shape index (κ1) is 11.5. The smallest absolute Gasteiger partial charge is 0.207 e. The lowest BCUT2D eigenvalue weighted by atomic mass is 9.95. The van der Waals surface area contributed by atoms with Gasteiger partial charge in [-0.1, -0.05) is 12.1 Å². The van der Waals surface area contributed by atoms with E-state index in [-0.39, 0.29) is 5.54 Å². The Hall–Kier alpha value is -0.580. The van der Waals surface area contributed by atoms with Gasteiger partial charge in [-0.2, -0.15) is 0 Å². The van der Waals surface area contributed by atoms with Crippen molar-refractivity contribution in [2.24, 2.45) is 0 Å². The third-order valence-corrected chi connectivity index (χ3v) is 2.73. The topological polar surface area (TPSA) is 29.1 Å². The number of hydrogen-bond acceptors (Lipinski definition) is 1. The molecule has 0 heterocycles. The van der Waals surface area contributed by atoms with Crippen LogP contribution in [0.15, 0.2) is 24.3 Å². The predicted molar refractivity (Wildman–Crippen MR) is 66.1 cm³/mol. The zero-order valence-electron chi connectivity index (χ0n) is 8.38. The molecule has 0 radical (unpaired) electrons. The van der Waals surface area contributed by atoms with Gasteiger partial charge in [-0.15, -0.1) is 0 Å². The second-order valence-electron chi connectivity index (χ2n) is 3.95. The van der Waals surface area contributed by atoms with E-state index < -0.39 is 0 Å². The summed E-state index contributed by atoms with van der Waals surface area (Å²) in [6, 6.07) is 8.34. The quantitative estimate of drug-likeness (QED) is 0.671. The third kappa shape index (κ3) is 3.65. The van der Waals surface area contributed by atoms with E-state index in [1.807, 2.05) is 13.8 Å². The highest BCUT2D eigenvalue weighted by Gasteiger charge is 2.16. The lowest BCUT2D eigenvalue weighted by molar-refractivity contribution is -0.110. The van der Waals surface area contributed by atoms with Gasteiger partial charge < -0.3 is 5.32 Å². The summed E-state index contributed by atoms with van der Waals surface area (Å²) >= 11 is 2.28. The van der Waals surface area contributed by atoms with Gasteiger partial charge in [0.05, 0.1) is 0 Å². The Balaban J connectivity index is 2.68. The van der Waals surface area contributed by atoms with E-state index in [1.54, 1.807) is 0 Å². The standard InChI is InChI=1S/C11H14INO/c1-11(2,13-8-14)7-9-3-5-10(12)6-4-9/h3-6,8H,7H2,1-2H3,(H,13,14). The van der Waals surface area contributed by atoms with E-state index >= 15 is 0 Å². The van der Waals surface area contributed by atoms with Gasteiger partial charge in [-0.25, -0.2) is 0 Å². The van der Waals surface area contributed by atoms with Crippen LogP contribution in [0.1, 0.15) is 19.4 Å². The van der Waals surface area contributed by atoms with Crippen LogP contribution in [0.4, 0.5) is 0 Å². The van der Waals surface area contributed by atoms with Crippen molar-refractivity contribution in [3.05, 3.63) is 33.4 Å². The second-order valence-corrected chi connectivity index (χ2v) is 5.19. The maximum Gasteiger partial charge on any atom is 0.207 e. The monoisotopic (exact) mass is 303 g/mol. The summed E-state index contributed by atoms with van der Waals surface area (Å²) in [7, 11) is 0. The molecule has 14 heavy (non-hydrogen) atoms. The number of halogens is 1. The first-order chi connectivity index (χ1) is 6.53. The molecule has 1 rings (SSSR count). The van der Waals surface area contributed by atoms with Gasteiger partial charge >= 0.3 is 0 Å². The first-order valence-electron chi connectivity index (χ1n) is 4.49. The molecule has 1 N–H and O–H groups in total. The maximum atomic E-state index is 10.4. The molecule has 0 aliphatic carbocycles. The second kappa shape index (κ2) is 4.77. The number of hydrogen-bond donors (Lipinski definition) is 1. The van der Waals surface area contributed by atoms with E-state index in [0.29, 0.717) is 0 Å². The minimum atomic E-state index is -0.172. The molecule has 0 aromatic heterocycles. The molecule has 0 fully saturated rings. The van der Waals surface area contributed by atoms with Gasteiger partial charge in [0, 0.05) is 9.11 Å². The summed E-state index contributed by atoms with van der Waals surface area (Å²) in [5.74, 6) is 0. The highest BCUT2D eigenvalue weighted by atomic mass is 127. The van der Waals surface area contributed by atoms with Gasteiger partial charge in [0.1, 0.15) is 0 Å². The van der Waals surface area contributed by atoms with Crippen LogP contribution in [0.25, 0.3) is 0 Å². The largest absolute Gasteiger partial charge is 0.353 e. The number of nitrogens with one attached hydrogen (secondary N) is 1. The van der Waals surface area contributed by atoms with Crippen molar-refractivity contribution in [1.29, 1.82) is 0 Å². The normalized spacial score (nSPS) is 11.1.